The number of hydrogen-bond donors (Lipinski definition) is 0. The zero-order valence-corrected chi connectivity index (χ0v) is 14.9. The number of amides is 2. The van der Waals surface area contributed by atoms with Crippen LogP contribution in [0.25, 0.3) is 0 Å². The van der Waals surface area contributed by atoms with Crippen LogP contribution in [-0.4, -0.2) is 49.1 Å². The van der Waals surface area contributed by atoms with E-state index < -0.39 is 22.5 Å². The van der Waals surface area contributed by atoms with E-state index in [4.69, 9.17) is 0 Å². The van der Waals surface area contributed by atoms with Gasteiger partial charge in [-0.3, -0.25) is 9.59 Å². The lowest BCUT2D eigenvalue weighted by atomic mass is 9.75. The first-order valence-corrected chi connectivity index (χ1v) is 10.4. The Morgan fingerprint density at radius 1 is 1.08 bits per heavy atom. The Balaban J connectivity index is 1.49. The number of carbonyl (C=O) groups excluding carboxylic acids is 2. The molecule has 2 heterocycles. The van der Waals surface area contributed by atoms with Gasteiger partial charge in [0.1, 0.15) is 11.4 Å². The van der Waals surface area contributed by atoms with Crippen molar-refractivity contribution >= 4 is 21.8 Å². The lowest BCUT2D eigenvalue weighted by Gasteiger charge is -2.41. The third-order valence-corrected chi connectivity index (χ3v) is 7.62. The number of carbonyl (C=O) groups is 2. The molecule has 0 bridgehead atoms. The van der Waals surface area contributed by atoms with Crippen LogP contribution in [0.2, 0.25) is 0 Å². The van der Waals surface area contributed by atoms with Crippen molar-refractivity contribution in [2.75, 3.05) is 19.6 Å². The predicted molar refractivity (Wildman–Crippen MR) is 91.3 cm³/mol. The molecule has 7 heteroatoms. The Bertz CT molecular complexity index is 820. The SMILES string of the molecule is O=C(CN1C(=O)c2ccccc2S1(=O)=O)N1CCC2CCCCC2C1. The molecule has 1 aromatic rings. The highest BCUT2D eigenvalue weighted by atomic mass is 32.2. The summed E-state index contributed by atoms with van der Waals surface area (Å²) in [5.41, 5.74) is 0.154. The molecule has 4 rings (SSSR count). The van der Waals surface area contributed by atoms with E-state index in [1.807, 2.05) is 0 Å². The van der Waals surface area contributed by atoms with E-state index in [0.29, 0.717) is 24.9 Å². The highest BCUT2D eigenvalue weighted by molar-refractivity contribution is 7.90. The number of benzene rings is 1. The van der Waals surface area contributed by atoms with Crippen molar-refractivity contribution in [3.8, 4) is 0 Å². The van der Waals surface area contributed by atoms with E-state index in [0.717, 1.165) is 17.1 Å². The molecule has 0 aromatic heterocycles. The van der Waals surface area contributed by atoms with Crippen LogP contribution in [0.5, 0.6) is 0 Å². The fraction of sp³-hybridized carbons (Fsp3) is 0.556. The first-order chi connectivity index (χ1) is 12.0. The fourth-order valence-corrected chi connectivity index (χ4v) is 5.96. The Morgan fingerprint density at radius 2 is 1.80 bits per heavy atom. The summed E-state index contributed by atoms with van der Waals surface area (Å²) in [5.74, 6) is 0.346. The van der Waals surface area contributed by atoms with Gasteiger partial charge in [0.2, 0.25) is 5.91 Å². The lowest BCUT2D eigenvalue weighted by Crippen LogP contribution is -2.49. The summed E-state index contributed by atoms with van der Waals surface area (Å²) in [6, 6.07) is 6.13. The summed E-state index contributed by atoms with van der Waals surface area (Å²) in [6.07, 6.45) is 5.84. The standard InChI is InChI=1S/C18H22N2O4S/c21-17(19-10-9-13-5-1-2-6-14(13)11-19)12-20-18(22)15-7-3-4-8-16(15)25(20,23)24/h3-4,7-8,13-14H,1-2,5-6,9-12H2. The predicted octanol–water partition coefficient (Wildman–Crippen LogP) is 1.87. The minimum Gasteiger partial charge on any atom is -0.341 e. The summed E-state index contributed by atoms with van der Waals surface area (Å²) in [6.45, 7) is 0.959. The summed E-state index contributed by atoms with van der Waals surface area (Å²) in [7, 11) is -3.92. The molecule has 2 unspecified atom stereocenters. The van der Waals surface area contributed by atoms with Crippen molar-refractivity contribution in [1.82, 2.24) is 9.21 Å². The largest absolute Gasteiger partial charge is 0.341 e. The molecule has 6 nitrogen and oxygen atoms in total. The van der Waals surface area contributed by atoms with Gasteiger partial charge in [-0.15, -0.1) is 0 Å². The molecule has 1 saturated heterocycles. The van der Waals surface area contributed by atoms with Crippen LogP contribution in [0.4, 0.5) is 0 Å². The van der Waals surface area contributed by atoms with E-state index in [1.54, 1.807) is 17.0 Å². The van der Waals surface area contributed by atoms with Gasteiger partial charge in [-0.25, -0.2) is 12.7 Å². The van der Waals surface area contributed by atoms with Crippen LogP contribution in [0, 0.1) is 11.8 Å². The van der Waals surface area contributed by atoms with Crippen molar-refractivity contribution in [2.45, 2.75) is 37.0 Å². The minimum atomic E-state index is -3.92. The molecule has 2 amide bonds. The maximum absolute atomic E-state index is 12.7. The second-order valence-corrected chi connectivity index (χ2v) is 9.08. The Hall–Kier alpha value is -1.89. The minimum absolute atomic E-state index is 0.00112. The molecule has 0 spiro atoms. The second kappa shape index (κ2) is 6.12. The van der Waals surface area contributed by atoms with Gasteiger partial charge in [0.05, 0.1) is 5.56 Å². The van der Waals surface area contributed by atoms with Crippen LogP contribution >= 0.6 is 0 Å². The van der Waals surface area contributed by atoms with Crippen molar-refractivity contribution in [1.29, 1.82) is 0 Å². The van der Waals surface area contributed by atoms with Gasteiger partial charge in [0.25, 0.3) is 15.9 Å². The number of hydrogen-bond acceptors (Lipinski definition) is 4. The average molecular weight is 362 g/mol. The molecule has 2 aliphatic heterocycles. The zero-order valence-electron chi connectivity index (χ0n) is 14.1. The number of piperidine rings is 1. The van der Waals surface area contributed by atoms with Gasteiger partial charge in [-0.1, -0.05) is 31.4 Å². The van der Waals surface area contributed by atoms with Crippen LogP contribution < -0.4 is 0 Å². The lowest BCUT2D eigenvalue weighted by molar-refractivity contribution is -0.134. The van der Waals surface area contributed by atoms with Crippen molar-refractivity contribution in [2.24, 2.45) is 11.8 Å². The van der Waals surface area contributed by atoms with Crippen LogP contribution in [0.1, 0.15) is 42.5 Å². The Labute approximate surface area is 147 Å². The molecule has 25 heavy (non-hydrogen) atoms. The molecule has 1 saturated carbocycles. The highest BCUT2D eigenvalue weighted by Gasteiger charge is 2.43. The number of likely N-dealkylation sites (tertiary alicyclic amines) is 1. The molecule has 2 fully saturated rings. The van der Waals surface area contributed by atoms with Gasteiger partial charge >= 0.3 is 0 Å². The first kappa shape index (κ1) is 16.6. The number of rotatable bonds is 2. The first-order valence-electron chi connectivity index (χ1n) is 8.92. The summed E-state index contributed by atoms with van der Waals surface area (Å²) in [5, 5.41) is 0. The van der Waals surface area contributed by atoms with Gasteiger partial charge in [0.15, 0.2) is 0 Å². The molecule has 3 aliphatic rings. The molecular weight excluding hydrogens is 340 g/mol. The van der Waals surface area contributed by atoms with Crippen LogP contribution in [-0.2, 0) is 14.8 Å². The average Bonchev–Trinajstić information content (AvgIpc) is 2.82. The Kier molecular flexibility index (Phi) is 4.06. The third-order valence-electron chi connectivity index (χ3n) is 5.83. The maximum atomic E-state index is 12.7. The quantitative estimate of drug-likeness (QED) is 0.805. The smallest absolute Gasteiger partial charge is 0.269 e. The number of nitrogens with zero attached hydrogens (tertiary/aromatic N) is 2. The van der Waals surface area contributed by atoms with Gasteiger partial charge in [0, 0.05) is 13.1 Å². The Morgan fingerprint density at radius 3 is 2.56 bits per heavy atom. The maximum Gasteiger partial charge on any atom is 0.269 e. The molecular formula is C18H22N2O4S. The van der Waals surface area contributed by atoms with E-state index >= 15 is 0 Å². The van der Waals surface area contributed by atoms with Gasteiger partial charge in [-0.2, -0.15) is 0 Å². The highest BCUT2D eigenvalue weighted by Crippen LogP contribution is 2.36. The topological polar surface area (TPSA) is 74.8 Å². The van der Waals surface area contributed by atoms with E-state index in [-0.39, 0.29) is 16.4 Å². The third kappa shape index (κ3) is 2.74. The molecule has 0 radical (unpaired) electrons. The number of fused-ring (bicyclic) bond motifs is 2. The van der Waals surface area contributed by atoms with Crippen molar-refractivity contribution < 1.29 is 18.0 Å². The summed E-state index contributed by atoms with van der Waals surface area (Å²) in [4.78, 5) is 26.9. The summed E-state index contributed by atoms with van der Waals surface area (Å²) < 4.78 is 25.9. The van der Waals surface area contributed by atoms with E-state index in [1.165, 1.54) is 31.4 Å². The monoisotopic (exact) mass is 362 g/mol. The normalized spacial score (nSPS) is 27.8. The van der Waals surface area contributed by atoms with Crippen molar-refractivity contribution in [3.63, 3.8) is 0 Å². The van der Waals surface area contributed by atoms with Crippen LogP contribution in [0.15, 0.2) is 29.2 Å². The van der Waals surface area contributed by atoms with Crippen LogP contribution in [0.3, 0.4) is 0 Å². The summed E-state index contributed by atoms with van der Waals surface area (Å²) >= 11 is 0. The second-order valence-electron chi connectivity index (χ2n) is 7.25. The molecule has 1 aromatic carbocycles. The molecule has 2 atom stereocenters. The molecule has 134 valence electrons. The molecule has 1 aliphatic carbocycles. The van der Waals surface area contributed by atoms with Gasteiger partial charge < -0.3 is 4.90 Å². The zero-order chi connectivity index (χ0) is 17.6. The van der Waals surface area contributed by atoms with Gasteiger partial charge in [-0.05, 0) is 36.8 Å². The number of sulfonamides is 1. The fourth-order valence-electron chi connectivity index (χ4n) is 4.44. The molecule has 0 N–H and O–H groups in total. The van der Waals surface area contributed by atoms with E-state index in [9.17, 15) is 18.0 Å². The van der Waals surface area contributed by atoms with Crippen molar-refractivity contribution in [3.05, 3.63) is 29.8 Å². The van der Waals surface area contributed by atoms with E-state index in [2.05, 4.69) is 0 Å².